The Labute approximate surface area is 95.8 Å². The topological polar surface area (TPSA) is 70.1 Å². The Balaban J connectivity index is 3.74. The van der Waals surface area contributed by atoms with E-state index in [0.29, 0.717) is 13.2 Å². The average Bonchev–Trinajstić information content (AvgIpc) is 2.25. The first-order chi connectivity index (χ1) is 7.49. The third kappa shape index (κ3) is 6.10. The second-order valence-corrected chi connectivity index (χ2v) is 3.59. The molecular formula is C10H20N2O4. The van der Waals surface area contributed by atoms with Crippen LogP contribution in [-0.2, 0) is 4.74 Å². The smallest absolute Gasteiger partial charge is 0.409 e. The number of ether oxygens (including phenoxy) is 1. The van der Waals surface area contributed by atoms with Gasteiger partial charge < -0.3 is 19.6 Å². The van der Waals surface area contributed by atoms with E-state index in [1.54, 1.807) is 7.05 Å². The number of unbranched alkanes of at least 4 members (excludes halogenated alkanes) is 1. The second-order valence-electron chi connectivity index (χ2n) is 3.59. The van der Waals surface area contributed by atoms with Gasteiger partial charge in [-0.05, 0) is 6.42 Å². The summed E-state index contributed by atoms with van der Waals surface area (Å²) in [6, 6.07) is 0. The summed E-state index contributed by atoms with van der Waals surface area (Å²) >= 11 is 0. The number of likely N-dealkylation sites (N-methyl/N-ethyl adjacent to an activating group) is 2. The molecule has 1 N–H and O–H groups in total. The lowest BCUT2D eigenvalue weighted by Crippen LogP contribution is -2.37. The minimum absolute atomic E-state index is 0.273. The molecule has 0 saturated heterocycles. The maximum atomic E-state index is 11.3. The Hall–Kier alpha value is -1.46. The largest absolute Gasteiger partial charge is 0.465 e. The van der Waals surface area contributed by atoms with Crippen LogP contribution < -0.4 is 0 Å². The number of rotatable bonds is 6. The monoisotopic (exact) mass is 232 g/mol. The first-order valence-electron chi connectivity index (χ1n) is 5.31. The molecule has 0 fully saturated rings. The van der Waals surface area contributed by atoms with E-state index in [9.17, 15) is 9.59 Å². The van der Waals surface area contributed by atoms with Crippen molar-refractivity contribution in [1.29, 1.82) is 0 Å². The number of nitrogens with zero attached hydrogens (tertiary/aromatic N) is 2. The van der Waals surface area contributed by atoms with Crippen molar-refractivity contribution in [1.82, 2.24) is 9.80 Å². The molecule has 0 aromatic carbocycles. The van der Waals surface area contributed by atoms with Gasteiger partial charge in [0.05, 0.1) is 6.61 Å². The molecule has 0 bridgehead atoms. The SMILES string of the molecule is CCCCOC(=O)N(C)CCN(C)C(=O)O. The van der Waals surface area contributed by atoms with Gasteiger partial charge in [0, 0.05) is 27.2 Å². The highest BCUT2D eigenvalue weighted by Crippen LogP contribution is 1.95. The predicted octanol–water partition coefficient (Wildman–Crippen LogP) is 1.46. The molecule has 0 radical (unpaired) electrons. The maximum absolute atomic E-state index is 11.3. The summed E-state index contributed by atoms with van der Waals surface area (Å²) in [5.41, 5.74) is 0. The van der Waals surface area contributed by atoms with E-state index in [0.717, 1.165) is 17.7 Å². The predicted molar refractivity (Wildman–Crippen MR) is 59.5 cm³/mol. The van der Waals surface area contributed by atoms with E-state index in [-0.39, 0.29) is 6.54 Å². The van der Waals surface area contributed by atoms with E-state index in [1.165, 1.54) is 11.9 Å². The molecule has 0 atom stereocenters. The highest BCUT2D eigenvalue weighted by Gasteiger charge is 2.12. The lowest BCUT2D eigenvalue weighted by Gasteiger charge is -2.20. The summed E-state index contributed by atoms with van der Waals surface area (Å²) in [6.07, 6.45) is 0.396. The van der Waals surface area contributed by atoms with Crippen molar-refractivity contribution in [3.8, 4) is 0 Å². The fourth-order valence-corrected chi connectivity index (χ4v) is 0.901. The zero-order chi connectivity index (χ0) is 12.6. The first-order valence-corrected chi connectivity index (χ1v) is 5.31. The van der Waals surface area contributed by atoms with Crippen molar-refractivity contribution in [3.05, 3.63) is 0 Å². The summed E-state index contributed by atoms with van der Waals surface area (Å²) in [6.45, 7) is 3.02. The van der Waals surface area contributed by atoms with Crippen LogP contribution in [0.1, 0.15) is 19.8 Å². The summed E-state index contributed by atoms with van der Waals surface area (Å²) in [5, 5.41) is 8.60. The van der Waals surface area contributed by atoms with Gasteiger partial charge in [-0.3, -0.25) is 0 Å². The molecule has 0 rings (SSSR count). The molecule has 0 spiro atoms. The molecule has 0 saturated carbocycles. The Bertz CT molecular complexity index is 233. The lowest BCUT2D eigenvalue weighted by atomic mass is 10.4. The van der Waals surface area contributed by atoms with Crippen LogP contribution in [0.25, 0.3) is 0 Å². The molecule has 0 aliphatic carbocycles. The van der Waals surface area contributed by atoms with Gasteiger partial charge in [0.15, 0.2) is 0 Å². The van der Waals surface area contributed by atoms with Crippen LogP contribution in [-0.4, -0.2) is 60.9 Å². The minimum atomic E-state index is -1.01. The Morgan fingerprint density at radius 2 is 1.75 bits per heavy atom. The van der Waals surface area contributed by atoms with Crippen LogP contribution in [0.5, 0.6) is 0 Å². The molecule has 0 aliphatic heterocycles. The quantitative estimate of drug-likeness (QED) is 0.704. The van der Waals surface area contributed by atoms with Crippen molar-refractivity contribution in [2.24, 2.45) is 0 Å². The van der Waals surface area contributed by atoms with E-state index in [4.69, 9.17) is 9.84 Å². The van der Waals surface area contributed by atoms with Gasteiger partial charge in [-0.15, -0.1) is 0 Å². The van der Waals surface area contributed by atoms with Gasteiger partial charge in [0.1, 0.15) is 0 Å². The Morgan fingerprint density at radius 1 is 1.19 bits per heavy atom. The molecule has 16 heavy (non-hydrogen) atoms. The van der Waals surface area contributed by atoms with Crippen molar-refractivity contribution in [2.75, 3.05) is 33.8 Å². The normalized spacial score (nSPS) is 9.69. The Kier molecular flexibility index (Phi) is 7.07. The van der Waals surface area contributed by atoms with Gasteiger partial charge in [-0.2, -0.15) is 0 Å². The van der Waals surface area contributed by atoms with E-state index in [1.807, 2.05) is 6.92 Å². The lowest BCUT2D eigenvalue weighted by molar-refractivity contribution is 0.104. The summed E-state index contributed by atoms with van der Waals surface area (Å²) < 4.78 is 4.96. The van der Waals surface area contributed by atoms with E-state index in [2.05, 4.69) is 0 Å². The number of carbonyl (C=O) groups excluding carboxylic acids is 1. The zero-order valence-electron chi connectivity index (χ0n) is 10.1. The van der Waals surface area contributed by atoms with Gasteiger partial charge in [0.2, 0.25) is 0 Å². The average molecular weight is 232 g/mol. The second kappa shape index (κ2) is 7.78. The maximum Gasteiger partial charge on any atom is 0.409 e. The van der Waals surface area contributed by atoms with Crippen LogP contribution in [0.3, 0.4) is 0 Å². The molecule has 0 heterocycles. The number of amides is 2. The highest BCUT2D eigenvalue weighted by atomic mass is 16.6. The molecule has 6 nitrogen and oxygen atoms in total. The Morgan fingerprint density at radius 3 is 2.25 bits per heavy atom. The minimum Gasteiger partial charge on any atom is -0.465 e. The van der Waals surface area contributed by atoms with E-state index < -0.39 is 12.2 Å². The number of hydrogen-bond acceptors (Lipinski definition) is 3. The van der Waals surface area contributed by atoms with Crippen molar-refractivity contribution < 1.29 is 19.4 Å². The van der Waals surface area contributed by atoms with Crippen molar-refractivity contribution >= 4 is 12.2 Å². The van der Waals surface area contributed by atoms with Gasteiger partial charge in [-0.1, -0.05) is 13.3 Å². The van der Waals surface area contributed by atoms with Gasteiger partial charge >= 0.3 is 12.2 Å². The third-order valence-corrected chi connectivity index (χ3v) is 2.13. The summed E-state index contributed by atoms with van der Waals surface area (Å²) in [5.74, 6) is 0. The van der Waals surface area contributed by atoms with E-state index >= 15 is 0 Å². The first kappa shape index (κ1) is 14.5. The number of hydrogen-bond donors (Lipinski definition) is 1. The van der Waals surface area contributed by atoms with Crippen LogP contribution in [0.4, 0.5) is 9.59 Å². The molecule has 2 amide bonds. The van der Waals surface area contributed by atoms with Crippen LogP contribution >= 0.6 is 0 Å². The molecular weight excluding hydrogens is 212 g/mol. The van der Waals surface area contributed by atoms with Crippen LogP contribution in [0.15, 0.2) is 0 Å². The fraction of sp³-hybridized carbons (Fsp3) is 0.800. The standard InChI is InChI=1S/C10H20N2O4/c1-4-5-8-16-10(15)12(3)7-6-11(2)9(13)14/h4-8H2,1-3H3,(H,13,14). The van der Waals surface area contributed by atoms with Crippen LogP contribution in [0.2, 0.25) is 0 Å². The molecule has 0 aromatic heterocycles. The van der Waals surface area contributed by atoms with Crippen molar-refractivity contribution in [3.63, 3.8) is 0 Å². The fourth-order valence-electron chi connectivity index (χ4n) is 0.901. The molecule has 6 heteroatoms. The molecule has 0 aliphatic rings. The summed E-state index contributed by atoms with van der Waals surface area (Å²) in [4.78, 5) is 24.3. The third-order valence-electron chi connectivity index (χ3n) is 2.13. The van der Waals surface area contributed by atoms with Gasteiger partial charge in [0.25, 0.3) is 0 Å². The number of carboxylic acid groups (broad SMARTS) is 1. The molecule has 0 aromatic rings. The van der Waals surface area contributed by atoms with Crippen LogP contribution in [0, 0.1) is 0 Å². The summed E-state index contributed by atoms with van der Waals surface area (Å²) in [7, 11) is 3.04. The highest BCUT2D eigenvalue weighted by molar-refractivity contribution is 5.67. The molecule has 0 unspecified atom stereocenters. The molecule has 94 valence electrons. The number of carbonyl (C=O) groups is 2. The van der Waals surface area contributed by atoms with Crippen molar-refractivity contribution in [2.45, 2.75) is 19.8 Å². The zero-order valence-corrected chi connectivity index (χ0v) is 10.1. The van der Waals surface area contributed by atoms with Gasteiger partial charge in [-0.25, -0.2) is 9.59 Å².